The highest BCUT2D eigenvalue weighted by Crippen LogP contribution is 2.32. The van der Waals surface area contributed by atoms with Crippen LogP contribution in [0, 0.1) is 5.82 Å². The molecular formula is C17H13FN2O4. The summed E-state index contributed by atoms with van der Waals surface area (Å²) in [7, 11) is 0. The quantitative estimate of drug-likeness (QED) is 0.666. The molecule has 0 aromatic heterocycles. The second kappa shape index (κ2) is 6.49. The van der Waals surface area contributed by atoms with Crippen LogP contribution in [-0.4, -0.2) is 17.8 Å². The van der Waals surface area contributed by atoms with Crippen molar-refractivity contribution in [1.29, 1.82) is 0 Å². The van der Waals surface area contributed by atoms with Crippen LogP contribution in [0.2, 0.25) is 0 Å². The molecule has 24 heavy (non-hydrogen) atoms. The van der Waals surface area contributed by atoms with Crippen LogP contribution in [0.5, 0.6) is 0 Å². The summed E-state index contributed by atoms with van der Waals surface area (Å²) < 4.78 is 18.0. The molecule has 0 unspecified atom stereocenters. The molecule has 1 atom stereocenters. The third-order valence-electron chi connectivity index (χ3n) is 3.57. The van der Waals surface area contributed by atoms with Crippen molar-refractivity contribution in [3.8, 4) is 0 Å². The number of rotatable bonds is 3. The zero-order valence-corrected chi connectivity index (χ0v) is 12.4. The van der Waals surface area contributed by atoms with Gasteiger partial charge in [-0.15, -0.1) is 0 Å². The molecule has 0 fully saturated rings. The maximum absolute atomic E-state index is 12.8. The second-order valence-electron chi connectivity index (χ2n) is 5.19. The normalized spacial score (nSPS) is 15.4. The number of carbonyl (C=O) groups is 3. The standard InChI is InChI=1S/C17H13FN2O4/c18-11-7-5-10(6-8-11)16(22)20-19-15(21)9-14-12-3-1-2-4-13(12)17(23)24-14/h1-8,14H,9H2,(H,19,21)(H,20,22)/t14-/m1/s1. The van der Waals surface area contributed by atoms with Crippen LogP contribution >= 0.6 is 0 Å². The van der Waals surface area contributed by atoms with Gasteiger partial charge in [0.1, 0.15) is 11.9 Å². The Hall–Kier alpha value is -3.22. The zero-order chi connectivity index (χ0) is 17.1. The predicted molar refractivity (Wildman–Crippen MR) is 81.2 cm³/mol. The van der Waals surface area contributed by atoms with Gasteiger partial charge in [0.25, 0.3) is 5.91 Å². The molecule has 0 bridgehead atoms. The number of amides is 2. The number of esters is 1. The lowest BCUT2D eigenvalue weighted by Gasteiger charge is -2.11. The van der Waals surface area contributed by atoms with Crippen molar-refractivity contribution in [3.05, 3.63) is 71.0 Å². The average molecular weight is 328 g/mol. The Labute approximate surface area is 136 Å². The van der Waals surface area contributed by atoms with Crippen molar-refractivity contribution in [1.82, 2.24) is 10.9 Å². The lowest BCUT2D eigenvalue weighted by Crippen LogP contribution is -2.42. The van der Waals surface area contributed by atoms with Gasteiger partial charge in [-0.25, -0.2) is 9.18 Å². The van der Waals surface area contributed by atoms with Crippen LogP contribution in [0.3, 0.4) is 0 Å². The SMILES string of the molecule is O=C(C[C@H]1OC(=O)c2ccccc21)NNC(=O)c1ccc(F)cc1. The van der Waals surface area contributed by atoms with Crippen LogP contribution in [0.25, 0.3) is 0 Å². The molecule has 2 amide bonds. The minimum absolute atomic E-state index is 0.119. The van der Waals surface area contributed by atoms with Crippen molar-refractivity contribution >= 4 is 17.8 Å². The summed E-state index contributed by atoms with van der Waals surface area (Å²) in [6.45, 7) is 0. The Kier molecular flexibility index (Phi) is 4.24. The van der Waals surface area contributed by atoms with Crippen LogP contribution < -0.4 is 10.9 Å². The van der Waals surface area contributed by atoms with Crippen molar-refractivity contribution in [3.63, 3.8) is 0 Å². The van der Waals surface area contributed by atoms with Crippen LogP contribution in [-0.2, 0) is 9.53 Å². The summed E-state index contributed by atoms with van der Waals surface area (Å²) in [4.78, 5) is 35.4. The molecule has 122 valence electrons. The van der Waals surface area contributed by atoms with Crippen molar-refractivity contribution in [2.45, 2.75) is 12.5 Å². The molecule has 2 aromatic rings. The second-order valence-corrected chi connectivity index (χ2v) is 5.19. The molecule has 1 heterocycles. The van der Waals surface area contributed by atoms with E-state index >= 15 is 0 Å². The summed E-state index contributed by atoms with van der Waals surface area (Å²) >= 11 is 0. The molecule has 6 nitrogen and oxygen atoms in total. The number of hydrogen-bond donors (Lipinski definition) is 2. The Balaban J connectivity index is 1.56. The lowest BCUT2D eigenvalue weighted by molar-refractivity contribution is -0.123. The van der Waals surface area contributed by atoms with Crippen LogP contribution in [0.15, 0.2) is 48.5 Å². The molecule has 0 saturated carbocycles. The highest BCUT2D eigenvalue weighted by atomic mass is 19.1. The number of hydrazine groups is 1. The van der Waals surface area contributed by atoms with E-state index in [2.05, 4.69) is 10.9 Å². The molecule has 2 aromatic carbocycles. The molecule has 1 aliphatic heterocycles. The third kappa shape index (κ3) is 3.24. The first kappa shape index (κ1) is 15.7. The van der Waals surface area contributed by atoms with E-state index in [1.54, 1.807) is 24.3 Å². The molecule has 1 aliphatic rings. The van der Waals surface area contributed by atoms with Gasteiger partial charge in [0.2, 0.25) is 5.91 Å². The van der Waals surface area contributed by atoms with Gasteiger partial charge in [-0.1, -0.05) is 18.2 Å². The Morgan fingerprint density at radius 3 is 2.50 bits per heavy atom. The maximum atomic E-state index is 12.8. The van der Waals surface area contributed by atoms with Crippen molar-refractivity contribution < 1.29 is 23.5 Å². The van der Waals surface area contributed by atoms with Crippen LogP contribution in [0.4, 0.5) is 4.39 Å². The van der Waals surface area contributed by atoms with Gasteiger partial charge >= 0.3 is 5.97 Å². The molecule has 0 spiro atoms. The summed E-state index contributed by atoms with van der Waals surface area (Å²) in [6.07, 6.45) is -0.802. The summed E-state index contributed by atoms with van der Waals surface area (Å²) in [5.74, 6) is -2.02. The topological polar surface area (TPSA) is 84.5 Å². The fourth-order valence-electron chi connectivity index (χ4n) is 2.39. The molecule has 0 aliphatic carbocycles. The van der Waals surface area contributed by atoms with E-state index in [4.69, 9.17) is 4.74 Å². The Morgan fingerprint density at radius 1 is 1.04 bits per heavy atom. The molecule has 0 radical (unpaired) electrons. The molecule has 3 rings (SSSR count). The first-order valence-electron chi connectivity index (χ1n) is 7.19. The molecule has 0 saturated heterocycles. The number of cyclic esters (lactones) is 1. The highest BCUT2D eigenvalue weighted by molar-refractivity contribution is 5.96. The van der Waals surface area contributed by atoms with E-state index in [0.29, 0.717) is 11.1 Å². The minimum atomic E-state index is -0.684. The van der Waals surface area contributed by atoms with Gasteiger partial charge in [-0.05, 0) is 30.3 Å². The van der Waals surface area contributed by atoms with E-state index in [1.807, 2.05) is 0 Å². The molecule has 2 N–H and O–H groups in total. The smallest absolute Gasteiger partial charge is 0.339 e. The van der Waals surface area contributed by atoms with E-state index in [1.165, 1.54) is 12.1 Å². The fourth-order valence-corrected chi connectivity index (χ4v) is 2.39. The van der Waals surface area contributed by atoms with Gasteiger partial charge in [0, 0.05) is 11.1 Å². The Morgan fingerprint density at radius 2 is 1.75 bits per heavy atom. The number of fused-ring (bicyclic) bond motifs is 1. The lowest BCUT2D eigenvalue weighted by atomic mass is 10.0. The third-order valence-corrected chi connectivity index (χ3v) is 3.57. The zero-order valence-electron chi connectivity index (χ0n) is 12.4. The fraction of sp³-hybridized carbons (Fsp3) is 0.118. The van der Waals surface area contributed by atoms with Crippen molar-refractivity contribution in [2.24, 2.45) is 0 Å². The minimum Gasteiger partial charge on any atom is -0.453 e. The van der Waals surface area contributed by atoms with Crippen molar-refractivity contribution in [2.75, 3.05) is 0 Å². The number of benzene rings is 2. The van der Waals surface area contributed by atoms with Crippen LogP contribution in [0.1, 0.15) is 38.8 Å². The van der Waals surface area contributed by atoms with Gasteiger partial charge in [-0.2, -0.15) is 0 Å². The number of ether oxygens (including phenoxy) is 1. The first-order chi connectivity index (χ1) is 11.5. The molecular weight excluding hydrogens is 315 g/mol. The van der Waals surface area contributed by atoms with Gasteiger partial charge in [-0.3, -0.25) is 20.4 Å². The van der Waals surface area contributed by atoms with E-state index in [9.17, 15) is 18.8 Å². The monoisotopic (exact) mass is 328 g/mol. The number of halogens is 1. The number of nitrogens with one attached hydrogen (secondary N) is 2. The summed E-state index contributed by atoms with van der Waals surface area (Å²) in [6, 6.07) is 11.7. The van der Waals surface area contributed by atoms with E-state index in [0.717, 1.165) is 12.1 Å². The number of carbonyl (C=O) groups excluding carboxylic acids is 3. The maximum Gasteiger partial charge on any atom is 0.339 e. The van der Waals surface area contributed by atoms with E-state index < -0.39 is 29.7 Å². The van der Waals surface area contributed by atoms with Gasteiger partial charge in [0.15, 0.2) is 0 Å². The largest absolute Gasteiger partial charge is 0.453 e. The Bertz CT molecular complexity index is 804. The van der Waals surface area contributed by atoms with Gasteiger partial charge < -0.3 is 4.74 Å². The first-order valence-corrected chi connectivity index (χ1v) is 7.19. The average Bonchev–Trinajstić information content (AvgIpc) is 2.90. The highest BCUT2D eigenvalue weighted by Gasteiger charge is 2.32. The summed E-state index contributed by atoms with van der Waals surface area (Å²) in [5.41, 5.74) is 5.75. The molecule has 7 heteroatoms. The van der Waals surface area contributed by atoms with E-state index in [-0.39, 0.29) is 12.0 Å². The predicted octanol–water partition coefficient (Wildman–Crippen LogP) is 1.89. The number of hydrogen-bond acceptors (Lipinski definition) is 4. The van der Waals surface area contributed by atoms with Gasteiger partial charge in [0.05, 0.1) is 12.0 Å². The summed E-state index contributed by atoms with van der Waals surface area (Å²) in [5, 5.41) is 0.